The molecule has 0 atom stereocenters. The maximum Gasteiger partial charge on any atom is 0.345 e. The van der Waals surface area contributed by atoms with E-state index in [0.29, 0.717) is 16.9 Å². The summed E-state index contributed by atoms with van der Waals surface area (Å²) in [7, 11) is 0. The molecular formula is C13H13NO4. The number of hydrogen-bond donors (Lipinski definition) is 1. The number of rotatable bonds is 4. The zero-order chi connectivity index (χ0) is 13.0. The van der Waals surface area contributed by atoms with Crippen LogP contribution in [0.3, 0.4) is 0 Å². The molecule has 0 saturated heterocycles. The molecule has 18 heavy (non-hydrogen) atoms. The van der Waals surface area contributed by atoms with Gasteiger partial charge in [-0.25, -0.2) is 4.79 Å². The summed E-state index contributed by atoms with van der Waals surface area (Å²) in [6.45, 7) is 1.62. The van der Waals surface area contributed by atoms with Crippen molar-refractivity contribution >= 4 is 16.7 Å². The average molecular weight is 247 g/mol. The van der Waals surface area contributed by atoms with Crippen molar-refractivity contribution in [2.75, 3.05) is 13.2 Å². The van der Waals surface area contributed by atoms with Crippen LogP contribution < -0.4 is 5.63 Å². The average Bonchev–Trinajstić information content (AvgIpc) is 2.38. The van der Waals surface area contributed by atoms with Crippen LogP contribution in [0.2, 0.25) is 0 Å². The van der Waals surface area contributed by atoms with Crippen LogP contribution in [0.15, 0.2) is 44.7 Å². The van der Waals surface area contributed by atoms with E-state index in [1.54, 1.807) is 25.1 Å². The van der Waals surface area contributed by atoms with Gasteiger partial charge < -0.3 is 14.4 Å². The second-order valence-electron chi connectivity index (χ2n) is 3.72. The number of aliphatic hydroxyl groups is 1. The minimum absolute atomic E-state index is 0.0935. The van der Waals surface area contributed by atoms with Crippen molar-refractivity contribution in [1.82, 2.24) is 0 Å². The van der Waals surface area contributed by atoms with Crippen molar-refractivity contribution < 1.29 is 14.4 Å². The van der Waals surface area contributed by atoms with Crippen LogP contribution in [0.25, 0.3) is 11.0 Å². The molecule has 0 spiro atoms. The Bertz CT molecular complexity index is 630. The predicted octanol–water partition coefficient (Wildman–Crippen LogP) is 1.53. The predicted molar refractivity (Wildman–Crippen MR) is 67.7 cm³/mol. The summed E-state index contributed by atoms with van der Waals surface area (Å²) in [6.07, 6.45) is 0. The summed E-state index contributed by atoms with van der Waals surface area (Å²) in [5, 5.41) is 13.1. The Labute approximate surface area is 103 Å². The van der Waals surface area contributed by atoms with E-state index in [9.17, 15) is 4.79 Å². The van der Waals surface area contributed by atoms with E-state index in [1.165, 1.54) is 0 Å². The molecule has 0 aliphatic heterocycles. The van der Waals surface area contributed by atoms with Gasteiger partial charge in [0.15, 0.2) is 0 Å². The number of fused-ring (bicyclic) bond motifs is 1. The molecule has 2 rings (SSSR count). The molecule has 1 N–H and O–H groups in total. The van der Waals surface area contributed by atoms with Crippen LogP contribution in [-0.2, 0) is 4.84 Å². The van der Waals surface area contributed by atoms with Crippen molar-refractivity contribution in [3.8, 4) is 0 Å². The topological polar surface area (TPSA) is 72.0 Å². The first-order valence-electron chi connectivity index (χ1n) is 5.53. The molecule has 0 radical (unpaired) electrons. The summed E-state index contributed by atoms with van der Waals surface area (Å²) in [6, 6.07) is 8.96. The summed E-state index contributed by atoms with van der Waals surface area (Å²) >= 11 is 0. The molecule has 94 valence electrons. The fourth-order valence-electron chi connectivity index (χ4n) is 1.55. The van der Waals surface area contributed by atoms with Gasteiger partial charge in [-0.2, -0.15) is 0 Å². The third kappa shape index (κ3) is 2.57. The van der Waals surface area contributed by atoms with E-state index in [2.05, 4.69) is 5.16 Å². The Morgan fingerprint density at radius 2 is 2.22 bits per heavy atom. The molecule has 0 aliphatic rings. The molecule has 2 aromatic rings. The van der Waals surface area contributed by atoms with Gasteiger partial charge in [0.2, 0.25) is 0 Å². The highest BCUT2D eigenvalue weighted by molar-refractivity contribution is 6.00. The summed E-state index contributed by atoms with van der Waals surface area (Å²) in [5.41, 5.74) is 0.854. The largest absolute Gasteiger partial charge is 0.422 e. The van der Waals surface area contributed by atoms with Crippen molar-refractivity contribution in [2.24, 2.45) is 5.16 Å². The van der Waals surface area contributed by atoms with Gasteiger partial charge in [0.25, 0.3) is 0 Å². The molecule has 0 amide bonds. The highest BCUT2D eigenvalue weighted by Gasteiger charge is 2.08. The first-order valence-corrected chi connectivity index (χ1v) is 5.53. The second-order valence-corrected chi connectivity index (χ2v) is 3.72. The van der Waals surface area contributed by atoms with Gasteiger partial charge in [0.05, 0.1) is 17.9 Å². The van der Waals surface area contributed by atoms with E-state index in [0.717, 1.165) is 5.39 Å². The lowest BCUT2D eigenvalue weighted by molar-refractivity contribution is 0.0986. The molecule has 0 aliphatic carbocycles. The van der Waals surface area contributed by atoms with Crippen LogP contribution in [0, 0.1) is 0 Å². The second kappa shape index (κ2) is 5.46. The maximum atomic E-state index is 11.8. The number of benzene rings is 1. The molecule has 0 saturated carbocycles. The SMILES string of the molecule is CC(=NOCCO)c1cc2ccccc2oc1=O. The zero-order valence-corrected chi connectivity index (χ0v) is 9.92. The van der Waals surface area contributed by atoms with Crippen molar-refractivity contribution in [2.45, 2.75) is 6.92 Å². The monoisotopic (exact) mass is 247 g/mol. The van der Waals surface area contributed by atoms with Gasteiger partial charge in [-0.1, -0.05) is 23.4 Å². The molecule has 5 heteroatoms. The Morgan fingerprint density at radius 1 is 1.44 bits per heavy atom. The highest BCUT2D eigenvalue weighted by atomic mass is 16.6. The van der Waals surface area contributed by atoms with E-state index in [-0.39, 0.29) is 13.2 Å². The van der Waals surface area contributed by atoms with Gasteiger partial charge in [-0.05, 0) is 19.1 Å². The maximum absolute atomic E-state index is 11.8. The minimum Gasteiger partial charge on any atom is -0.422 e. The third-order valence-electron chi connectivity index (χ3n) is 2.42. The Hall–Kier alpha value is -2.14. The molecule has 0 unspecified atom stereocenters. The quantitative estimate of drug-likeness (QED) is 0.385. The molecule has 1 aromatic heterocycles. The Morgan fingerprint density at radius 3 is 3.00 bits per heavy atom. The summed E-state index contributed by atoms with van der Waals surface area (Å²) in [4.78, 5) is 16.6. The standard InChI is InChI=1S/C13H13NO4/c1-9(14-17-7-6-15)11-8-10-4-2-3-5-12(10)18-13(11)16/h2-5,8,15H,6-7H2,1H3. The van der Waals surface area contributed by atoms with Gasteiger partial charge in [0, 0.05) is 5.39 Å². The summed E-state index contributed by atoms with van der Waals surface area (Å²) in [5.74, 6) is 0. The number of para-hydroxylation sites is 1. The minimum atomic E-state index is -0.456. The number of hydrogen-bond acceptors (Lipinski definition) is 5. The van der Waals surface area contributed by atoms with Crippen LogP contribution >= 0.6 is 0 Å². The van der Waals surface area contributed by atoms with Gasteiger partial charge in [-0.3, -0.25) is 0 Å². The fourth-order valence-corrected chi connectivity index (χ4v) is 1.55. The smallest absolute Gasteiger partial charge is 0.345 e. The normalized spacial score (nSPS) is 11.8. The van der Waals surface area contributed by atoms with Crippen molar-refractivity contribution in [3.63, 3.8) is 0 Å². The zero-order valence-electron chi connectivity index (χ0n) is 9.92. The van der Waals surface area contributed by atoms with Gasteiger partial charge in [-0.15, -0.1) is 0 Å². The first kappa shape index (κ1) is 12.3. The molecule has 1 heterocycles. The summed E-state index contributed by atoms with van der Waals surface area (Å²) < 4.78 is 5.18. The highest BCUT2D eigenvalue weighted by Crippen LogP contribution is 2.13. The lowest BCUT2D eigenvalue weighted by Crippen LogP contribution is -2.12. The fraction of sp³-hybridized carbons (Fsp3) is 0.231. The number of aliphatic hydroxyl groups excluding tert-OH is 1. The number of oxime groups is 1. The van der Waals surface area contributed by atoms with E-state index in [4.69, 9.17) is 14.4 Å². The van der Waals surface area contributed by atoms with Gasteiger partial charge in [0.1, 0.15) is 12.2 Å². The van der Waals surface area contributed by atoms with Gasteiger partial charge >= 0.3 is 5.63 Å². The Balaban J connectivity index is 2.41. The lowest BCUT2D eigenvalue weighted by atomic mass is 10.1. The molecular weight excluding hydrogens is 234 g/mol. The lowest BCUT2D eigenvalue weighted by Gasteiger charge is -2.02. The number of nitrogens with zero attached hydrogens (tertiary/aromatic N) is 1. The van der Waals surface area contributed by atoms with Crippen molar-refractivity contribution in [3.05, 3.63) is 46.3 Å². The molecule has 0 bridgehead atoms. The van der Waals surface area contributed by atoms with Crippen LogP contribution in [-0.4, -0.2) is 24.0 Å². The van der Waals surface area contributed by atoms with E-state index in [1.807, 2.05) is 12.1 Å². The van der Waals surface area contributed by atoms with E-state index < -0.39 is 5.63 Å². The van der Waals surface area contributed by atoms with Crippen LogP contribution in [0.5, 0.6) is 0 Å². The van der Waals surface area contributed by atoms with Crippen molar-refractivity contribution in [1.29, 1.82) is 0 Å². The third-order valence-corrected chi connectivity index (χ3v) is 2.42. The van der Waals surface area contributed by atoms with Crippen LogP contribution in [0.4, 0.5) is 0 Å². The van der Waals surface area contributed by atoms with Crippen LogP contribution in [0.1, 0.15) is 12.5 Å². The molecule has 1 aromatic carbocycles. The Kier molecular flexibility index (Phi) is 3.74. The van der Waals surface area contributed by atoms with E-state index >= 15 is 0 Å². The first-order chi connectivity index (χ1) is 8.72. The molecule has 5 nitrogen and oxygen atoms in total. The molecule has 0 fully saturated rings.